The van der Waals surface area contributed by atoms with Crippen LogP contribution in [-0.2, 0) is 25.2 Å². The van der Waals surface area contributed by atoms with Gasteiger partial charge in [-0.2, -0.15) is 13.2 Å². The predicted octanol–water partition coefficient (Wildman–Crippen LogP) is 4.58. The van der Waals surface area contributed by atoms with Crippen LogP contribution in [0.3, 0.4) is 0 Å². The summed E-state index contributed by atoms with van der Waals surface area (Å²) in [5, 5.41) is 0. The van der Waals surface area contributed by atoms with Crippen molar-refractivity contribution >= 4 is 11.9 Å². The highest BCUT2D eigenvalue weighted by Crippen LogP contribution is 2.36. The van der Waals surface area contributed by atoms with Gasteiger partial charge in [-0.05, 0) is 37.1 Å². The molecular weight excluding hydrogens is 373 g/mol. The summed E-state index contributed by atoms with van der Waals surface area (Å²) in [6, 6.07) is 13.0. The van der Waals surface area contributed by atoms with Crippen LogP contribution < -0.4 is 0 Å². The summed E-state index contributed by atoms with van der Waals surface area (Å²) in [5.74, 6) is -3.75. The van der Waals surface area contributed by atoms with Crippen LogP contribution in [0.15, 0.2) is 54.6 Å². The van der Waals surface area contributed by atoms with Gasteiger partial charge in [0.15, 0.2) is 5.92 Å². The minimum absolute atomic E-state index is 0.0588. The molecule has 28 heavy (non-hydrogen) atoms. The van der Waals surface area contributed by atoms with E-state index < -0.39 is 35.5 Å². The molecule has 4 nitrogen and oxygen atoms in total. The molecular formula is C21H21F3O4. The molecule has 0 amide bonds. The molecule has 0 aliphatic rings. The van der Waals surface area contributed by atoms with E-state index in [9.17, 15) is 22.8 Å². The zero-order valence-electron chi connectivity index (χ0n) is 15.5. The summed E-state index contributed by atoms with van der Waals surface area (Å²) in [5.41, 5.74) is 0.158. The van der Waals surface area contributed by atoms with Gasteiger partial charge in [0, 0.05) is 5.92 Å². The Morgan fingerprint density at radius 3 is 1.71 bits per heavy atom. The van der Waals surface area contributed by atoms with Crippen LogP contribution >= 0.6 is 0 Å². The molecule has 0 saturated carbocycles. The van der Waals surface area contributed by atoms with Gasteiger partial charge in [-0.3, -0.25) is 9.59 Å². The van der Waals surface area contributed by atoms with E-state index in [1.807, 2.05) is 0 Å². The van der Waals surface area contributed by atoms with Crippen LogP contribution in [-0.4, -0.2) is 25.2 Å². The molecule has 0 fully saturated rings. The van der Waals surface area contributed by atoms with E-state index in [-0.39, 0.29) is 13.2 Å². The molecule has 1 atom stereocenters. The maximum absolute atomic E-state index is 12.9. The summed E-state index contributed by atoms with van der Waals surface area (Å²) < 4.78 is 48.8. The Morgan fingerprint density at radius 1 is 0.821 bits per heavy atom. The lowest BCUT2D eigenvalue weighted by atomic mass is 9.80. The smallest absolute Gasteiger partial charge is 0.416 e. The van der Waals surface area contributed by atoms with E-state index >= 15 is 0 Å². The lowest BCUT2D eigenvalue weighted by molar-refractivity contribution is -0.162. The molecule has 0 N–H and O–H groups in total. The number of ether oxygens (including phenoxy) is 2. The Morgan fingerprint density at radius 2 is 1.29 bits per heavy atom. The van der Waals surface area contributed by atoms with Gasteiger partial charge in [0.2, 0.25) is 0 Å². The lowest BCUT2D eigenvalue weighted by Crippen LogP contribution is -2.34. The molecule has 1 unspecified atom stereocenters. The molecule has 0 aromatic heterocycles. The first-order chi connectivity index (χ1) is 13.3. The van der Waals surface area contributed by atoms with Crippen molar-refractivity contribution in [3.05, 3.63) is 71.3 Å². The Bertz CT molecular complexity index is 768. The molecule has 0 radical (unpaired) electrons. The minimum atomic E-state index is -4.48. The Hall–Kier alpha value is -2.83. The lowest BCUT2D eigenvalue weighted by Gasteiger charge is -2.25. The van der Waals surface area contributed by atoms with Crippen molar-refractivity contribution < 1.29 is 32.2 Å². The Kier molecular flexibility index (Phi) is 7.20. The van der Waals surface area contributed by atoms with Crippen LogP contribution in [0.4, 0.5) is 13.2 Å². The van der Waals surface area contributed by atoms with Crippen molar-refractivity contribution in [3.8, 4) is 0 Å². The molecule has 0 saturated heterocycles. The number of halogens is 3. The van der Waals surface area contributed by atoms with E-state index in [0.29, 0.717) is 11.1 Å². The predicted molar refractivity (Wildman–Crippen MR) is 96.5 cm³/mol. The third-order valence-corrected chi connectivity index (χ3v) is 4.17. The zero-order valence-corrected chi connectivity index (χ0v) is 15.5. The summed E-state index contributed by atoms with van der Waals surface area (Å²) in [4.78, 5) is 25.1. The van der Waals surface area contributed by atoms with E-state index in [1.54, 1.807) is 44.2 Å². The normalized spacial score (nSPS) is 12.5. The molecule has 0 aliphatic carbocycles. The molecule has 2 aromatic carbocycles. The van der Waals surface area contributed by atoms with Gasteiger partial charge in [-0.15, -0.1) is 0 Å². The first-order valence-electron chi connectivity index (χ1n) is 8.85. The molecule has 0 bridgehead atoms. The Labute approximate surface area is 161 Å². The second-order valence-corrected chi connectivity index (χ2v) is 5.99. The second kappa shape index (κ2) is 9.39. The van der Waals surface area contributed by atoms with Gasteiger partial charge in [0.1, 0.15) is 0 Å². The van der Waals surface area contributed by atoms with Crippen molar-refractivity contribution in [2.75, 3.05) is 13.2 Å². The van der Waals surface area contributed by atoms with E-state index in [2.05, 4.69) is 0 Å². The van der Waals surface area contributed by atoms with Crippen molar-refractivity contribution in [1.82, 2.24) is 0 Å². The molecule has 0 aliphatic heterocycles. The van der Waals surface area contributed by atoms with Gasteiger partial charge < -0.3 is 9.47 Å². The number of alkyl halides is 3. The van der Waals surface area contributed by atoms with E-state index in [0.717, 1.165) is 12.1 Å². The van der Waals surface area contributed by atoms with Crippen molar-refractivity contribution in [3.63, 3.8) is 0 Å². The Balaban J connectivity index is 2.56. The van der Waals surface area contributed by atoms with Crippen LogP contribution in [0.2, 0.25) is 0 Å². The summed E-state index contributed by atoms with van der Waals surface area (Å²) in [6.45, 7) is 3.33. The number of hydrogen-bond acceptors (Lipinski definition) is 4. The first kappa shape index (κ1) is 21.5. The molecule has 0 spiro atoms. The fourth-order valence-corrected chi connectivity index (χ4v) is 2.95. The molecule has 2 rings (SSSR count). The number of carbonyl (C=O) groups is 2. The third-order valence-electron chi connectivity index (χ3n) is 4.17. The fourth-order valence-electron chi connectivity index (χ4n) is 2.95. The fraction of sp³-hybridized carbons (Fsp3) is 0.333. The summed E-state index contributed by atoms with van der Waals surface area (Å²) >= 11 is 0. The quantitative estimate of drug-likeness (QED) is 0.510. The summed E-state index contributed by atoms with van der Waals surface area (Å²) in [6.07, 6.45) is -4.48. The number of esters is 2. The molecule has 2 aromatic rings. The SMILES string of the molecule is CCOC(=O)C(C(=O)OCC)C(c1ccccc1)c1ccc(C(F)(F)F)cc1. The van der Waals surface area contributed by atoms with E-state index in [1.165, 1.54) is 12.1 Å². The van der Waals surface area contributed by atoms with Crippen LogP contribution in [0, 0.1) is 5.92 Å². The maximum Gasteiger partial charge on any atom is 0.416 e. The van der Waals surface area contributed by atoms with E-state index in [4.69, 9.17) is 9.47 Å². The highest BCUT2D eigenvalue weighted by atomic mass is 19.4. The van der Waals surface area contributed by atoms with Crippen molar-refractivity contribution in [2.24, 2.45) is 5.92 Å². The summed E-state index contributed by atoms with van der Waals surface area (Å²) in [7, 11) is 0. The van der Waals surface area contributed by atoms with Gasteiger partial charge in [0.05, 0.1) is 18.8 Å². The topological polar surface area (TPSA) is 52.6 Å². The second-order valence-electron chi connectivity index (χ2n) is 5.99. The van der Waals surface area contributed by atoms with Crippen LogP contribution in [0.5, 0.6) is 0 Å². The van der Waals surface area contributed by atoms with Crippen LogP contribution in [0.1, 0.15) is 36.5 Å². The number of carbonyl (C=O) groups excluding carboxylic acids is 2. The zero-order chi connectivity index (χ0) is 20.7. The minimum Gasteiger partial charge on any atom is -0.465 e. The highest BCUT2D eigenvalue weighted by molar-refractivity contribution is 5.96. The molecule has 0 heterocycles. The average Bonchev–Trinajstić information content (AvgIpc) is 2.66. The molecule has 150 valence electrons. The highest BCUT2D eigenvalue weighted by Gasteiger charge is 2.40. The van der Waals surface area contributed by atoms with Gasteiger partial charge in [-0.25, -0.2) is 0 Å². The number of benzene rings is 2. The largest absolute Gasteiger partial charge is 0.465 e. The van der Waals surface area contributed by atoms with Gasteiger partial charge >= 0.3 is 18.1 Å². The van der Waals surface area contributed by atoms with Crippen LogP contribution in [0.25, 0.3) is 0 Å². The van der Waals surface area contributed by atoms with Gasteiger partial charge in [0.25, 0.3) is 0 Å². The third kappa shape index (κ3) is 5.12. The first-order valence-corrected chi connectivity index (χ1v) is 8.85. The van der Waals surface area contributed by atoms with Crippen molar-refractivity contribution in [1.29, 1.82) is 0 Å². The number of rotatable bonds is 7. The average molecular weight is 394 g/mol. The van der Waals surface area contributed by atoms with Crippen molar-refractivity contribution in [2.45, 2.75) is 25.9 Å². The van der Waals surface area contributed by atoms with Gasteiger partial charge in [-0.1, -0.05) is 42.5 Å². The number of hydrogen-bond donors (Lipinski definition) is 0. The maximum atomic E-state index is 12.9. The standard InChI is InChI=1S/C21H21F3O4/c1-3-27-19(25)18(20(26)28-4-2)17(14-8-6-5-7-9-14)15-10-12-16(13-11-15)21(22,23)24/h5-13,17-18H,3-4H2,1-2H3. The molecule has 7 heteroatoms. The monoisotopic (exact) mass is 394 g/mol.